The number of hydrogen-bond acceptors (Lipinski definition) is 6. The monoisotopic (exact) mass is 412 g/mol. The van der Waals surface area contributed by atoms with E-state index in [9.17, 15) is 27.6 Å². The first-order valence-corrected chi connectivity index (χ1v) is 9.89. The molecule has 2 saturated heterocycles. The van der Waals surface area contributed by atoms with Crippen LogP contribution in [0, 0.1) is 0 Å². The number of amides is 5. The zero-order valence-electron chi connectivity index (χ0n) is 15.0. The minimum atomic E-state index is -3.84. The van der Waals surface area contributed by atoms with Crippen LogP contribution in [-0.4, -0.2) is 78.2 Å². The molecule has 3 heterocycles. The molecule has 12 nitrogen and oxygen atoms in total. The molecule has 5 amide bonds. The summed E-state index contributed by atoms with van der Waals surface area (Å²) in [6.07, 6.45) is 1.12. The van der Waals surface area contributed by atoms with E-state index in [1.165, 1.54) is 33.1 Å². The maximum atomic E-state index is 12.8. The number of sulfonamides is 1. The summed E-state index contributed by atoms with van der Waals surface area (Å²) in [5.74, 6) is -1.65. The third kappa shape index (κ3) is 3.71. The topological polar surface area (TPSA) is 164 Å². The quantitative estimate of drug-likeness (QED) is 0.455. The van der Waals surface area contributed by atoms with Gasteiger partial charge in [0.1, 0.15) is 16.6 Å². The van der Waals surface area contributed by atoms with E-state index in [2.05, 4.69) is 10.6 Å². The summed E-state index contributed by atoms with van der Waals surface area (Å²) in [6, 6.07) is -0.341. The summed E-state index contributed by atoms with van der Waals surface area (Å²) in [5, 5.41) is 4.40. The highest BCUT2D eigenvalue weighted by molar-refractivity contribution is 7.89. The van der Waals surface area contributed by atoms with Gasteiger partial charge in [0, 0.05) is 39.4 Å². The van der Waals surface area contributed by atoms with Gasteiger partial charge in [-0.3, -0.25) is 19.7 Å². The van der Waals surface area contributed by atoms with Crippen molar-refractivity contribution < 1.29 is 27.6 Å². The fourth-order valence-electron chi connectivity index (χ4n) is 3.15. The average molecular weight is 412 g/mol. The van der Waals surface area contributed by atoms with Crippen LogP contribution in [0.1, 0.15) is 16.9 Å². The Kier molecular flexibility index (Phi) is 5.12. The zero-order chi connectivity index (χ0) is 20.6. The first kappa shape index (κ1) is 19.8. The second kappa shape index (κ2) is 7.24. The van der Waals surface area contributed by atoms with Crippen LogP contribution < -0.4 is 16.4 Å². The highest BCUT2D eigenvalue weighted by Crippen LogP contribution is 2.20. The number of nitrogens with one attached hydrogen (secondary N) is 2. The molecular weight excluding hydrogens is 392 g/mol. The standard InChI is InChI=1S/C15H20N6O6S/c1-19-8-9(6-11(19)13(16)23)28(26,27)21-4-2-20(3-5-21)12(22)7-10-14(24)18-15(25)17-10/h6,8,10H,2-5,7H2,1H3,(H2,16,23)(H2,17,18,24,25)/t10-/m1/s1. The predicted octanol–water partition coefficient (Wildman–Crippen LogP) is -2.44. The first-order valence-electron chi connectivity index (χ1n) is 8.45. The second-order valence-electron chi connectivity index (χ2n) is 6.54. The summed E-state index contributed by atoms with van der Waals surface area (Å²) in [5.41, 5.74) is 5.29. The number of aryl methyl sites for hydroxylation is 1. The lowest BCUT2D eigenvalue weighted by Crippen LogP contribution is -2.51. The summed E-state index contributed by atoms with van der Waals surface area (Å²) in [4.78, 5) is 47.7. The van der Waals surface area contributed by atoms with Gasteiger partial charge in [-0.2, -0.15) is 4.31 Å². The number of carbonyl (C=O) groups is 4. The Balaban J connectivity index is 1.62. The predicted molar refractivity (Wildman–Crippen MR) is 94.3 cm³/mol. The third-order valence-electron chi connectivity index (χ3n) is 4.70. The second-order valence-corrected chi connectivity index (χ2v) is 8.48. The molecule has 0 bridgehead atoms. The maximum Gasteiger partial charge on any atom is 0.322 e. The van der Waals surface area contributed by atoms with Crippen LogP contribution in [0.2, 0.25) is 0 Å². The van der Waals surface area contributed by atoms with Crippen LogP contribution in [0.5, 0.6) is 0 Å². The minimum absolute atomic E-state index is 0.0473. The number of aromatic nitrogens is 1. The summed E-state index contributed by atoms with van der Waals surface area (Å²) in [7, 11) is -2.32. The van der Waals surface area contributed by atoms with E-state index >= 15 is 0 Å². The van der Waals surface area contributed by atoms with E-state index in [0.29, 0.717) is 0 Å². The highest BCUT2D eigenvalue weighted by Gasteiger charge is 2.35. The lowest BCUT2D eigenvalue weighted by molar-refractivity contribution is -0.134. The Hall–Kier alpha value is -2.93. The van der Waals surface area contributed by atoms with Gasteiger partial charge >= 0.3 is 6.03 Å². The fourth-order valence-corrected chi connectivity index (χ4v) is 4.65. The number of hydrogen-bond donors (Lipinski definition) is 3. The molecule has 0 saturated carbocycles. The number of primary amides is 1. The van der Waals surface area contributed by atoms with E-state index < -0.39 is 33.9 Å². The minimum Gasteiger partial charge on any atom is -0.364 e. The van der Waals surface area contributed by atoms with E-state index in [0.717, 1.165) is 0 Å². The third-order valence-corrected chi connectivity index (χ3v) is 6.56. The van der Waals surface area contributed by atoms with Crippen LogP contribution in [-0.2, 0) is 26.7 Å². The largest absolute Gasteiger partial charge is 0.364 e. The number of nitrogens with two attached hydrogens (primary N) is 1. The van der Waals surface area contributed by atoms with Crippen molar-refractivity contribution in [3.8, 4) is 0 Å². The number of carbonyl (C=O) groups excluding carboxylic acids is 4. The van der Waals surface area contributed by atoms with Crippen molar-refractivity contribution in [3.05, 3.63) is 18.0 Å². The molecule has 152 valence electrons. The van der Waals surface area contributed by atoms with Gasteiger partial charge in [0.2, 0.25) is 15.9 Å². The molecular formula is C15H20N6O6S. The molecule has 0 radical (unpaired) electrons. The van der Waals surface area contributed by atoms with Gasteiger partial charge in [-0.1, -0.05) is 0 Å². The normalized spacial score (nSPS) is 20.8. The van der Waals surface area contributed by atoms with Crippen LogP contribution in [0.4, 0.5) is 4.79 Å². The molecule has 1 aromatic rings. The molecule has 13 heteroatoms. The van der Waals surface area contributed by atoms with Crippen LogP contribution in [0.15, 0.2) is 17.2 Å². The number of rotatable bonds is 5. The zero-order valence-corrected chi connectivity index (χ0v) is 15.9. The first-order chi connectivity index (χ1) is 13.1. The smallest absolute Gasteiger partial charge is 0.322 e. The maximum absolute atomic E-state index is 12.8. The summed E-state index contributed by atoms with van der Waals surface area (Å²) in [6.45, 7) is 0.432. The molecule has 0 unspecified atom stereocenters. The van der Waals surface area contributed by atoms with Crippen molar-refractivity contribution in [2.75, 3.05) is 26.2 Å². The molecule has 2 fully saturated rings. The molecule has 28 heavy (non-hydrogen) atoms. The molecule has 0 aliphatic carbocycles. The number of nitrogens with zero attached hydrogens (tertiary/aromatic N) is 3. The van der Waals surface area contributed by atoms with E-state index in [4.69, 9.17) is 5.73 Å². The van der Waals surface area contributed by atoms with Crippen molar-refractivity contribution in [1.82, 2.24) is 24.4 Å². The van der Waals surface area contributed by atoms with Crippen molar-refractivity contribution in [1.29, 1.82) is 0 Å². The number of imide groups is 1. The SMILES string of the molecule is Cn1cc(S(=O)(=O)N2CCN(C(=O)C[C@H]3NC(=O)NC3=O)CC2)cc1C(N)=O. The molecule has 2 aliphatic heterocycles. The summed E-state index contributed by atoms with van der Waals surface area (Å²) >= 11 is 0. The van der Waals surface area contributed by atoms with Gasteiger partial charge in [0.15, 0.2) is 0 Å². The fraction of sp³-hybridized carbons (Fsp3) is 0.467. The molecule has 0 aromatic carbocycles. The van der Waals surface area contributed by atoms with Crippen LogP contribution in [0.3, 0.4) is 0 Å². The van der Waals surface area contributed by atoms with Gasteiger partial charge in [0.25, 0.3) is 11.8 Å². The Morgan fingerprint density at radius 3 is 2.36 bits per heavy atom. The van der Waals surface area contributed by atoms with Crippen molar-refractivity contribution in [2.24, 2.45) is 12.8 Å². The molecule has 3 rings (SSSR count). The average Bonchev–Trinajstić information content (AvgIpc) is 3.17. The van der Waals surface area contributed by atoms with Crippen molar-refractivity contribution in [3.63, 3.8) is 0 Å². The molecule has 1 aromatic heterocycles. The van der Waals surface area contributed by atoms with Gasteiger partial charge < -0.3 is 20.5 Å². The lowest BCUT2D eigenvalue weighted by atomic mass is 10.2. The van der Waals surface area contributed by atoms with Gasteiger partial charge in [-0.15, -0.1) is 0 Å². The van der Waals surface area contributed by atoms with E-state index in [1.807, 2.05) is 0 Å². The molecule has 0 spiro atoms. The van der Waals surface area contributed by atoms with Crippen molar-refractivity contribution in [2.45, 2.75) is 17.4 Å². The van der Waals surface area contributed by atoms with Crippen molar-refractivity contribution >= 4 is 33.8 Å². The van der Waals surface area contributed by atoms with E-state index in [-0.39, 0.29) is 49.1 Å². The Morgan fingerprint density at radius 1 is 1.21 bits per heavy atom. The Morgan fingerprint density at radius 2 is 1.86 bits per heavy atom. The van der Waals surface area contributed by atoms with Gasteiger partial charge in [0.05, 0.1) is 6.42 Å². The number of urea groups is 1. The van der Waals surface area contributed by atoms with Crippen LogP contribution >= 0.6 is 0 Å². The summed E-state index contributed by atoms with van der Waals surface area (Å²) < 4.78 is 28.1. The van der Waals surface area contributed by atoms with Gasteiger partial charge in [-0.25, -0.2) is 13.2 Å². The van der Waals surface area contributed by atoms with E-state index in [1.54, 1.807) is 0 Å². The lowest BCUT2D eigenvalue weighted by Gasteiger charge is -2.34. The Labute approximate surface area is 160 Å². The Bertz CT molecular complexity index is 946. The highest BCUT2D eigenvalue weighted by atomic mass is 32.2. The molecule has 4 N–H and O–H groups in total. The number of piperazine rings is 1. The molecule has 2 aliphatic rings. The van der Waals surface area contributed by atoms with Crippen LogP contribution in [0.25, 0.3) is 0 Å². The molecule has 1 atom stereocenters. The van der Waals surface area contributed by atoms with Gasteiger partial charge in [-0.05, 0) is 6.07 Å².